The van der Waals surface area contributed by atoms with Crippen molar-refractivity contribution in [3.63, 3.8) is 0 Å². The SMILES string of the molecule is Cc1cccc(C(=O)N2CCC3(CC2)CN(c2ccc(C#N)c(C(F)(F)F)c2)CC3CO)c1. The molecule has 1 spiro atoms. The highest BCUT2D eigenvalue weighted by Crippen LogP contribution is 2.46. The number of benzene rings is 2. The molecule has 0 radical (unpaired) electrons. The number of hydrogen-bond acceptors (Lipinski definition) is 4. The summed E-state index contributed by atoms with van der Waals surface area (Å²) in [7, 11) is 0. The molecule has 1 amide bonds. The van der Waals surface area contributed by atoms with Gasteiger partial charge in [0, 0.05) is 50.0 Å². The lowest BCUT2D eigenvalue weighted by Gasteiger charge is -2.42. The van der Waals surface area contributed by atoms with Crippen LogP contribution in [0.25, 0.3) is 0 Å². The number of nitrogens with zero attached hydrogens (tertiary/aromatic N) is 3. The highest BCUT2D eigenvalue weighted by Gasteiger charge is 2.48. The molecule has 2 heterocycles. The van der Waals surface area contributed by atoms with Crippen molar-refractivity contribution in [2.45, 2.75) is 25.9 Å². The smallest absolute Gasteiger partial charge is 0.396 e. The maximum atomic E-state index is 13.4. The third-order valence-electron chi connectivity index (χ3n) is 7.14. The van der Waals surface area contributed by atoms with E-state index in [1.807, 2.05) is 34.9 Å². The number of aryl methyl sites for hydroxylation is 1. The van der Waals surface area contributed by atoms with Crippen LogP contribution in [0, 0.1) is 29.6 Å². The third-order valence-corrected chi connectivity index (χ3v) is 7.14. The van der Waals surface area contributed by atoms with E-state index in [0.717, 1.165) is 11.6 Å². The van der Waals surface area contributed by atoms with Crippen molar-refractivity contribution >= 4 is 11.6 Å². The first kappa shape index (κ1) is 23.1. The molecule has 8 heteroatoms. The van der Waals surface area contributed by atoms with E-state index in [1.165, 1.54) is 12.1 Å². The van der Waals surface area contributed by atoms with Crippen molar-refractivity contribution in [1.29, 1.82) is 5.26 Å². The number of carbonyl (C=O) groups excluding carboxylic acids is 1. The van der Waals surface area contributed by atoms with E-state index < -0.39 is 17.3 Å². The fraction of sp³-hybridized carbons (Fsp3) is 0.440. The standard InChI is InChI=1S/C25H26F3N3O2/c1-17-3-2-4-18(11-17)23(33)30-9-7-24(8-10-30)16-31(14-20(24)15-32)21-6-5-19(13-29)22(12-21)25(26,27)28/h2-6,11-12,20,32H,7-10,14-16H2,1H3. The van der Waals surface area contributed by atoms with Crippen molar-refractivity contribution in [3.05, 3.63) is 64.7 Å². The molecule has 0 aromatic heterocycles. The molecule has 0 saturated carbocycles. The van der Waals surface area contributed by atoms with Gasteiger partial charge in [0.25, 0.3) is 5.91 Å². The van der Waals surface area contributed by atoms with E-state index in [4.69, 9.17) is 5.26 Å². The van der Waals surface area contributed by atoms with Crippen LogP contribution in [0.4, 0.5) is 18.9 Å². The van der Waals surface area contributed by atoms with Gasteiger partial charge < -0.3 is 14.9 Å². The molecular formula is C25H26F3N3O2. The zero-order valence-corrected chi connectivity index (χ0v) is 18.4. The van der Waals surface area contributed by atoms with Gasteiger partial charge in [-0.15, -0.1) is 0 Å². The highest BCUT2D eigenvalue weighted by molar-refractivity contribution is 5.94. The number of anilines is 1. The summed E-state index contributed by atoms with van der Waals surface area (Å²) in [6.45, 7) is 3.90. The van der Waals surface area contributed by atoms with Crippen LogP contribution in [0.5, 0.6) is 0 Å². The zero-order valence-electron chi connectivity index (χ0n) is 18.4. The Kier molecular flexibility index (Phi) is 6.10. The minimum absolute atomic E-state index is 0.0223. The molecule has 2 saturated heterocycles. The second kappa shape index (κ2) is 8.71. The molecule has 1 N–H and O–H groups in total. The molecule has 5 nitrogen and oxygen atoms in total. The fourth-order valence-electron chi connectivity index (χ4n) is 5.22. The van der Waals surface area contributed by atoms with Crippen LogP contribution in [0.15, 0.2) is 42.5 Å². The molecule has 1 atom stereocenters. The van der Waals surface area contributed by atoms with Gasteiger partial charge in [-0.2, -0.15) is 18.4 Å². The normalized spacial score (nSPS) is 20.2. The van der Waals surface area contributed by atoms with Crippen LogP contribution >= 0.6 is 0 Å². The molecule has 0 bridgehead atoms. The lowest BCUT2D eigenvalue weighted by Crippen LogP contribution is -2.47. The van der Waals surface area contributed by atoms with Crippen molar-refractivity contribution in [1.82, 2.24) is 4.90 Å². The Morgan fingerprint density at radius 3 is 2.55 bits per heavy atom. The second-order valence-corrected chi connectivity index (χ2v) is 9.12. The Bertz CT molecular complexity index is 1090. The molecule has 0 aliphatic carbocycles. The Morgan fingerprint density at radius 1 is 1.21 bits per heavy atom. The molecule has 33 heavy (non-hydrogen) atoms. The van der Waals surface area contributed by atoms with Crippen molar-refractivity contribution in [3.8, 4) is 6.07 Å². The maximum absolute atomic E-state index is 13.4. The van der Waals surface area contributed by atoms with Crippen molar-refractivity contribution < 1.29 is 23.1 Å². The monoisotopic (exact) mass is 457 g/mol. The predicted octanol–water partition coefficient (Wildman–Crippen LogP) is 4.24. The lowest BCUT2D eigenvalue weighted by molar-refractivity contribution is -0.137. The number of hydrogen-bond donors (Lipinski definition) is 1. The minimum atomic E-state index is -4.61. The van der Waals surface area contributed by atoms with Crippen LogP contribution in [-0.4, -0.2) is 48.7 Å². The number of nitriles is 1. The summed E-state index contributed by atoms with van der Waals surface area (Å²) in [6, 6.07) is 12.9. The van der Waals surface area contributed by atoms with Crippen molar-refractivity contribution in [2.24, 2.45) is 11.3 Å². The van der Waals surface area contributed by atoms with Crippen molar-refractivity contribution in [2.75, 3.05) is 37.7 Å². The van der Waals surface area contributed by atoms with E-state index in [1.54, 1.807) is 12.1 Å². The van der Waals surface area contributed by atoms with Gasteiger partial charge in [0.15, 0.2) is 0 Å². The molecule has 2 aliphatic rings. The zero-order chi connectivity index (χ0) is 23.8. The van der Waals surface area contributed by atoms with Crippen LogP contribution < -0.4 is 4.90 Å². The van der Waals surface area contributed by atoms with Gasteiger partial charge in [0.1, 0.15) is 0 Å². The number of aliphatic hydroxyl groups excluding tert-OH is 1. The number of amides is 1. The quantitative estimate of drug-likeness (QED) is 0.749. The van der Waals surface area contributed by atoms with E-state index >= 15 is 0 Å². The molecule has 2 aliphatic heterocycles. The predicted molar refractivity (Wildman–Crippen MR) is 118 cm³/mol. The minimum Gasteiger partial charge on any atom is -0.396 e. The number of aliphatic hydroxyl groups is 1. The van der Waals surface area contributed by atoms with Gasteiger partial charge in [-0.25, -0.2) is 0 Å². The summed E-state index contributed by atoms with van der Waals surface area (Å²) < 4.78 is 40.3. The van der Waals surface area contributed by atoms with Crippen LogP contribution in [0.2, 0.25) is 0 Å². The van der Waals surface area contributed by atoms with E-state index in [9.17, 15) is 23.1 Å². The number of alkyl halides is 3. The number of likely N-dealkylation sites (tertiary alicyclic amines) is 1. The van der Waals surface area contributed by atoms with E-state index in [-0.39, 0.29) is 23.8 Å². The van der Waals surface area contributed by atoms with Gasteiger partial charge in [-0.3, -0.25) is 4.79 Å². The number of rotatable bonds is 3. The number of piperidine rings is 1. The summed E-state index contributed by atoms with van der Waals surface area (Å²) >= 11 is 0. The molecule has 2 aromatic rings. The van der Waals surface area contributed by atoms with Gasteiger partial charge in [0.2, 0.25) is 0 Å². The van der Waals surface area contributed by atoms with Crippen LogP contribution in [0.1, 0.15) is 39.9 Å². The maximum Gasteiger partial charge on any atom is 0.417 e. The van der Waals surface area contributed by atoms with Crippen LogP contribution in [0.3, 0.4) is 0 Å². The average Bonchev–Trinajstić information content (AvgIpc) is 3.16. The second-order valence-electron chi connectivity index (χ2n) is 9.12. The van der Waals surface area contributed by atoms with Gasteiger partial charge in [0.05, 0.1) is 17.2 Å². The summed E-state index contributed by atoms with van der Waals surface area (Å²) in [4.78, 5) is 16.6. The Morgan fingerprint density at radius 2 is 1.94 bits per heavy atom. The average molecular weight is 457 g/mol. The molecule has 2 aromatic carbocycles. The number of carbonyl (C=O) groups is 1. The van der Waals surface area contributed by atoms with Crippen LogP contribution in [-0.2, 0) is 6.18 Å². The largest absolute Gasteiger partial charge is 0.417 e. The molecule has 2 fully saturated rings. The topological polar surface area (TPSA) is 67.6 Å². The van der Waals surface area contributed by atoms with Gasteiger partial charge in [-0.1, -0.05) is 17.7 Å². The first-order valence-electron chi connectivity index (χ1n) is 11.0. The number of halogens is 3. The fourth-order valence-corrected chi connectivity index (χ4v) is 5.22. The Hall–Kier alpha value is -3.05. The first-order chi connectivity index (χ1) is 15.7. The van der Waals surface area contributed by atoms with E-state index in [0.29, 0.717) is 50.3 Å². The molecule has 4 rings (SSSR count). The molecule has 174 valence electrons. The molecular weight excluding hydrogens is 431 g/mol. The molecule has 1 unspecified atom stereocenters. The Balaban J connectivity index is 1.51. The summed E-state index contributed by atoms with van der Waals surface area (Å²) in [6.07, 6.45) is -3.26. The van der Waals surface area contributed by atoms with E-state index in [2.05, 4.69) is 0 Å². The summed E-state index contributed by atoms with van der Waals surface area (Å²) in [5.41, 5.74) is 0.445. The first-order valence-corrected chi connectivity index (χ1v) is 11.0. The summed E-state index contributed by atoms with van der Waals surface area (Å²) in [5, 5.41) is 19.1. The lowest BCUT2D eigenvalue weighted by atomic mass is 9.71. The van der Waals surface area contributed by atoms with Gasteiger partial charge in [-0.05, 0) is 55.5 Å². The summed E-state index contributed by atoms with van der Waals surface area (Å²) in [5.74, 6) is -0.121. The highest BCUT2D eigenvalue weighted by atomic mass is 19.4. The Labute approximate surface area is 191 Å². The van der Waals surface area contributed by atoms with Gasteiger partial charge >= 0.3 is 6.18 Å². The third kappa shape index (κ3) is 4.42.